The zero-order valence-corrected chi connectivity index (χ0v) is 13.8. The third-order valence-electron chi connectivity index (χ3n) is 3.44. The molecule has 0 aliphatic rings. The molecule has 7 heteroatoms. The standard InChI is InChI=1S/C18H16N4O3/c1-24-16-14(12-7-4-3-5-8-12)17(25-2)22-18(21-16)20-15(23)13-9-6-10-19-11-13/h3-11H,1-2H3,(H,20,21,22,23). The van der Waals surface area contributed by atoms with Gasteiger partial charge >= 0.3 is 0 Å². The second-order valence-electron chi connectivity index (χ2n) is 5.00. The van der Waals surface area contributed by atoms with Crippen molar-refractivity contribution in [1.29, 1.82) is 0 Å². The van der Waals surface area contributed by atoms with E-state index in [4.69, 9.17) is 9.47 Å². The summed E-state index contributed by atoms with van der Waals surface area (Å²) in [5.41, 5.74) is 1.86. The maximum atomic E-state index is 12.3. The van der Waals surface area contributed by atoms with Gasteiger partial charge < -0.3 is 9.47 Å². The number of rotatable bonds is 5. The molecule has 3 aromatic rings. The molecule has 1 N–H and O–H groups in total. The van der Waals surface area contributed by atoms with Crippen LogP contribution >= 0.6 is 0 Å². The number of nitrogens with zero attached hydrogens (tertiary/aromatic N) is 3. The van der Waals surface area contributed by atoms with Gasteiger partial charge in [-0.25, -0.2) is 0 Å². The van der Waals surface area contributed by atoms with Crippen molar-refractivity contribution in [2.24, 2.45) is 0 Å². The van der Waals surface area contributed by atoms with Gasteiger partial charge in [0.1, 0.15) is 5.56 Å². The van der Waals surface area contributed by atoms with E-state index in [0.717, 1.165) is 5.56 Å². The average Bonchev–Trinajstić information content (AvgIpc) is 2.68. The fraction of sp³-hybridized carbons (Fsp3) is 0.111. The minimum Gasteiger partial charge on any atom is -0.480 e. The Labute approximate surface area is 144 Å². The monoisotopic (exact) mass is 336 g/mol. The van der Waals surface area contributed by atoms with E-state index in [9.17, 15) is 4.79 Å². The minimum atomic E-state index is -0.371. The summed E-state index contributed by atoms with van der Waals surface area (Å²) in [5.74, 6) is 0.325. The predicted octanol–water partition coefficient (Wildman–Crippen LogP) is 2.81. The number of anilines is 1. The number of methoxy groups -OCH3 is 2. The Balaban J connectivity index is 1.99. The molecule has 126 valence electrons. The first-order chi connectivity index (χ1) is 12.2. The molecule has 0 saturated heterocycles. The molecule has 0 spiro atoms. The van der Waals surface area contributed by atoms with Gasteiger partial charge in [-0.3, -0.25) is 15.1 Å². The van der Waals surface area contributed by atoms with Crippen LogP contribution < -0.4 is 14.8 Å². The van der Waals surface area contributed by atoms with Crippen molar-refractivity contribution < 1.29 is 14.3 Å². The molecular weight excluding hydrogens is 320 g/mol. The van der Waals surface area contributed by atoms with E-state index in [1.165, 1.54) is 20.4 Å². The van der Waals surface area contributed by atoms with Gasteiger partial charge in [-0.2, -0.15) is 9.97 Å². The number of amides is 1. The zero-order chi connectivity index (χ0) is 17.6. The van der Waals surface area contributed by atoms with Crippen LogP contribution in [0.3, 0.4) is 0 Å². The Morgan fingerprint density at radius 1 is 0.960 bits per heavy atom. The highest BCUT2D eigenvalue weighted by molar-refractivity contribution is 6.03. The third kappa shape index (κ3) is 3.55. The lowest BCUT2D eigenvalue weighted by atomic mass is 10.1. The quantitative estimate of drug-likeness (QED) is 0.771. The molecule has 0 bridgehead atoms. The molecule has 1 aromatic carbocycles. The van der Waals surface area contributed by atoms with Crippen molar-refractivity contribution in [1.82, 2.24) is 15.0 Å². The molecule has 25 heavy (non-hydrogen) atoms. The van der Waals surface area contributed by atoms with Crippen LogP contribution in [0, 0.1) is 0 Å². The Hall–Kier alpha value is -3.48. The summed E-state index contributed by atoms with van der Waals surface area (Å²) in [6.45, 7) is 0. The number of carbonyl (C=O) groups excluding carboxylic acids is 1. The van der Waals surface area contributed by atoms with Crippen LogP contribution in [0.25, 0.3) is 11.1 Å². The fourth-order valence-electron chi connectivity index (χ4n) is 2.29. The topological polar surface area (TPSA) is 86.2 Å². The van der Waals surface area contributed by atoms with E-state index in [-0.39, 0.29) is 11.9 Å². The van der Waals surface area contributed by atoms with E-state index in [1.807, 2.05) is 30.3 Å². The van der Waals surface area contributed by atoms with E-state index in [2.05, 4.69) is 20.3 Å². The van der Waals surface area contributed by atoms with Gasteiger partial charge in [-0.15, -0.1) is 0 Å². The molecule has 3 rings (SSSR count). The molecule has 1 amide bonds. The average molecular weight is 336 g/mol. The van der Waals surface area contributed by atoms with Crippen molar-refractivity contribution in [3.05, 3.63) is 60.4 Å². The van der Waals surface area contributed by atoms with Crippen molar-refractivity contribution in [2.75, 3.05) is 19.5 Å². The van der Waals surface area contributed by atoms with E-state index < -0.39 is 0 Å². The van der Waals surface area contributed by atoms with Gasteiger partial charge in [0, 0.05) is 12.4 Å². The normalized spacial score (nSPS) is 10.2. The summed E-state index contributed by atoms with van der Waals surface area (Å²) in [7, 11) is 3.00. The number of benzene rings is 1. The minimum absolute atomic E-state index is 0.0854. The van der Waals surface area contributed by atoms with Crippen LogP contribution in [0.2, 0.25) is 0 Å². The van der Waals surface area contributed by atoms with Crippen molar-refractivity contribution in [2.45, 2.75) is 0 Å². The molecule has 0 radical (unpaired) electrons. The maximum absolute atomic E-state index is 12.3. The van der Waals surface area contributed by atoms with Gasteiger partial charge in [-0.1, -0.05) is 30.3 Å². The lowest BCUT2D eigenvalue weighted by Gasteiger charge is -2.13. The van der Waals surface area contributed by atoms with E-state index >= 15 is 0 Å². The largest absolute Gasteiger partial charge is 0.480 e. The first-order valence-electron chi connectivity index (χ1n) is 7.49. The highest BCUT2D eigenvalue weighted by Crippen LogP contribution is 2.36. The van der Waals surface area contributed by atoms with Crippen LogP contribution in [-0.2, 0) is 0 Å². The molecule has 0 unspecified atom stereocenters. The highest BCUT2D eigenvalue weighted by atomic mass is 16.5. The summed E-state index contributed by atoms with van der Waals surface area (Å²) in [4.78, 5) is 24.7. The van der Waals surface area contributed by atoms with E-state index in [0.29, 0.717) is 22.9 Å². The third-order valence-corrected chi connectivity index (χ3v) is 3.44. The Morgan fingerprint density at radius 3 is 2.20 bits per heavy atom. The Kier molecular flexibility index (Phi) is 4.84. The number of nitrogens with one attached hydrogen (secondary N) is 1. The number of hydrogen-bond donors (Lipinski definition) is 1. The van der Waals surface area contributed by atoms with Crippen LogP contribution in [0.1, 0.15) is 10.4 Å². The number of ether oxygens (including phenoxy) is 2. The number of aromatic nitrogens is 3. The first kappa shape index (κ1) is 16.4. The second-order valence-corrected chi connectivity index (χ2v) is 5.00. The molecule has 0 fully saturated rings. The number of hydrogen-bond acceptors (Lipinski definition) is 6. The molecule has 0 saturated carbocycles. The molecule has 0 atom stereocenters. The van der Waals surface area contributed by atoms with Crippen LogP contribution in [0.5, 0.6) is 11.8 Å². The highest BCUT2D eigenvalue weighted by Gasteiger charge is 2.19. The van der Waals surface area contributed by atoms with Gasteiger partial charge in [-0.05, 0) is 17.7 Å². The lowest BCUT2D eigenvalue weighted by Crippen LogP contribution is -2.15. The molecule has 2 aromatic heterocycles. The molecule has 7 nitrogen and oxygen atoms in total. The summed E-state index contributed by atoms with van der Waals surface area (Å²) in [6, 6.07) is 12.8. The zero-order valence-electron chi connectivity index (χ0n) is 13.8. The van der Waals surface area contributed by atoms with Crippen LogP contribution in [0.4, 0.5) is 5.95 Å². The Bertz CT molecular complexity index is 845. The van der Waals surface area contributed by atoms with Crippen molar-refractivity contribution >= 4 is 11.9 Å². The molecule has 0 aliphatic heterocycles. The van der Waals surface area contributed by atoms with Crippen molar-refractivity contribution in [3.8, 4) is 22.9 Å². The summed E-state index contributed by atoms with van der Waals surface area (Å²) >= 11 is 0. The van der Waals surface area contributed by atoms with Gasteiger partial charge in [0.15, 0.2) is 0 Å². The molecule has 2 heterocycles. The van der Waals surface area contributed by atoms with E-state index in [1.54, 1.807) is 18.3 Å². The second kappa shape index (κ2) is 7.39. The first-order valence-corrected chi connectivity index (χ1v) is 7.49. The Morgan fingerprint density at radius 2 is 1.64 bits per heavy atom. The van der Waals surface area contributed by atoms with Gasteiger partial charge in [0.05, 0.1) is 19.8 Å². The van der Waals surface area contributed by atoms with Gasteiger partial charge in [0.2, 0.25) is 17.7 Å². The molecule has 0 aliphatic carbocycles. The fourth-order valence-corrected chi connectivity index (χ4v) is 2.29. The lowest BCUT2D eigenvalue weighted by molar-refractivity contribution is 0.102. The smallest absolute Gasteiger partial charge is 0.259 e. The van der Waals surface area contributed by atoms with Crippen LogP contribution in [-0.4, -0.2) is 35.1 Å². The summed E-state index contributed by atoms with van der Waals surface area (Å²) in [5, 5.41) is 2.63. The number of carbonyl (C=O) groups is 1. The summed E-state index contributed by atoms with van der Waals surface area (Å²) < 4.78 is 10.8. The SMILES string of the molecule is COc1nc(NC(=O)c2cccnc2)nc(OC)c1-c1ccccc1. The van der Waals surface area contributed by atoms with Gasteiger partial charge in [0.25, 0.3) is 5.91 Å². The number of pyridine rings is 1. The predicted molar refractivity (Wildman–Crippen MR) is 92.8 cm³/mol. The molecular formula is C18H16N4O3. The maximum Gasteiger partial charge on any atom is 0.259 e. The summed E-state index contributed by atoms with van der Waals surface area (Å²) in [6.07, 6.45) is 3.05. The van der Waals surface area contributed by atoms with Crippen LogP contribution in [0.15, 0.2) is 54.9 Å². The van der Waals surface area contributed by atoms with Crippen molar-refractivity contribution in [3.63, 3.8) is 0 Å².